The van der Waals surface area contributed by atoms with Crippen molar-refractivity contribution in [3.8, 4) is 0 Å². The molecule has 1 radical (unpaired) electrons. The Hall–Kier alpha value is -1.31. The molecule has 0 aromatic heterocycles. The van der Waals surface area contributed by atoms with E-state index in [9.17, 15) is 0 Å². The number of likely N-dealkylation sites (tertiary alicyclic amines) is 1. The molecule has 0 aliphatic carbocycles. The molecule has 0 amide bonds. The Labute approximate surface area is 85.1 Å². The van der Waals surface area contributed by atoms with Crippen LogP contribution >= 0.6 is 0 Å². The molecule has 2 nitrogen and oxygen atoms in total. The molecule has 1 aliphatic heterocycles. The third-order valence-electron chi connectivity index (χ3n) is 2.83. The Bertz CT molecular complexity index is 318. The van der Waals surface area contributed by atoms with Crippen LogP contribution < -0.4 is 0 Å². The summed E-state index contributed by atoms with van der Waals surface area (Å²) in [6, 6.07) is 11.1. The van der Waals surface area contributed by atoms with Crippen LogP contribution in [0.4, 0.5) is 0 Å². The monoisotopic (exact) mass is 187 g/mol. The number of benzene rings is 1. The van der Waals surface area contributed by atoms with Crippen LogP contribution in [-0.2, 0) is 0 Å². The Morgan fingerprint density at radius 1 is 1.50 bits per heavy atom. The van der Waals surface area contributed by atoms with E-state index in [1.165, 1.54) is 12.8 Å². The highest BCUT2D eigenvalue weighted by Crippen LogP contribution is 2.18. The highest BCUT2D eigenvalue weighted by molar-refractivity contribution is 5.96. The average molecular weight is 187 g/mol. The average Bonchev–Trinajstić information content (AvgIpc) is 2.65. The van der Waals surface area contributed by atoms with E-state index in [2.05, 4.69) is 17.9 Å². The number of nitrogens with zero attached hydrogens (tertiary/aromatic N) is 1. The van der Waals surface area contributed by atoms with E-state index >= 15 is 0 Å². The molecule has 1 saturated heterocycles. The maximum absolute atomic E-state index is 8.07. The first-order chi connectivity index (χ1) is 6.79. The molecule has 73 valence electrons. The molecule has 0 bridgehead atoms. The fourth-order valence-corrected chi connectivity index (χ4v) is 1.98. The van der Waals surface area contributed by atoms with Crippen molar-refractivity contribution >= 4 is 5.84 Å². The number of hydrogen-bond donors (Lipinski definition) is 1. The van der Waals surface area contributed by atoms with E-state index in [-0.39, 0.29) is 0 Å². The molecular formula is C12H15N2. The van der Waals surface area contributed by atoms with Gasteiger partial charge in [-0.05, 0) is 25.8 Å². The van der Waals surface area contributed by atoms with Gasteiger partial charge in [-0.2, -0.15) is 0 Å². The summed E-state index contributed by atoms with van der Waals surface area (Å²) < 4.78 is 0. The van der Waals surface area contributed by atoms with Crippen molar-refractivity contribution in [2.45, 2.75) is 25.8 Å². The standard InChI is InChI=1S/C12H15N2/c1-10-6-5-9-14(10)12(13)11-7-3-2-4-8-11/h3-4,7-8,10,13H,5-6,9H2,1H3. The molecule has 1 heterocycles. The van der Waals surface area contributed by atoms with Gasteiger partial charge in [-0.25, -0.2) is 0 Å². The molecule has 1 aromatic carbocycles. The van der Waals surface area contributed by atoms with E-state index in [1.807, 2.05) is 24.3 Å². The second-order valence-corrected chi connectivity index (χ2v) is 3.82. The Balaban J connectivity index is 2.16. The lowest BCUT2D eigenvalue weighted by molar-refractivity contribution is 0.413. The van der Waals surface area contributed by atoms with Gasteiger partial charge in [0.05, 0.1) is 0 Å². The summed E-state index contributed by atoms with van der Waals surface area (Å²) in [7, 11) is 0. The predicted octanol–water partition coefficient (Wildman–Crippen LogP) is 2.30. The van der Waals surface area contributed by atoms with Crippen molar-refractivity contribution in [3.63, 3.8) is 0 Å². The van der Waals surface area contributed by atoms with Gasteiger partial charge >= 0.3 is 0 Å². The second kappa shape index (κ2) is 3.82. The second-order valence-electron chi connectivity index (χ2n) is 3.82. The largest absolute Gasteiger partial charge is 0.354 e. The van der Waals surface area contributed by atoms with E-state index in [0.29, 0.717) is 11.9 Å². The van der Waals surface area contributed by atoms with Crippen molar-refractivity contribution in [3.05, 3.63) is 35.9 Å². The van der Waals surface area contributed by atoms with Crippen molar-refractivity contribution in [1.29, 1.82) is 5.41 Å². The topological polar surface area (TPSA) is 27.1 Å². The van der Waals surface area contributed by atoms with Crippen LogP contribution in [0.3, 0.4) is 0 Å². The molecule has 1 aromatic rings. The zero-order chi connectivity index (χ0) is 9.97. The maximum Gasteiger partial charge on any atom is 0.128 e. The lowest BCUT2D eigenvalue weighted by Crippen LogP contribution is -2.33. The van der Waals surface area contributed by atoms with Gasteiger partial charge in [0.2, 0.25) is 0 Å². The summed E-state index contributed by atoms with van der Waals surface area (Å²) in [4.78, 5) is 2.18. The Morgan fingerprint density at radius 3 is 2.79 bits per heavy atom. The maximum atomic E-state index is 8.07. The third kappa shape index (κ3) is 1.65. The molecule has 1 N–H and O–H groups in total. The minimum Gasteiger partial charge on any atom is -0.354 e. The van der Waals surface area contributed by atoms with Crippen LogP contribution in [0.1, 0.15) is 25.3 Å². The first kappa shape index (κ1) is 9.25. The lowest BCUT2D eigenvalue weighted by atomic mass is 10.2. The summed E-state index contributed by atoms with van der Waals surface area (Å²) in [5.41, 5.74) is 0.998. The fourth-order valence-electron chi connectivity index (χ4n) is 1.98. The number of rotatable bonds is 1. The van der Waals surface area contributed by atoms with Crippen LogP contribution in [0.5, 0.6) is 0 Å². The van der Waals surface area contributed by atoms with Crippen molar-refractivity contribution in [2.24, 2.45) is 0 Å². The van der Waals surface area contributed by atoms with Gasteiger partial charge in [0.25, 0.3) is 0 Å². The Morgan fingerprint density at radius 2 is 2.21 bits per heavy atom. The van der Waals surface area contributed by atoms with Crippen LogP contribution in [0.25, 0.3) is 0 Å². The van der Waals surface area contributed by atoms with Gasteiger partial charge in [0, 0.05) is 18.2 Å². The molecule has 2 heteroatoms. The lowest BCUT2D eigenvalue weighted by Gasteiger charge is -2.24. The molecule has 2 rings (SSSR count). The molecule has 1 unspecified atom stereocenters. The highest BCUT2D eigenvalue weighted by Gasteiger charge is 2.22. The molecule has 0 spiro atoms. The summed E-state index contributed by atoms with van der Waals surface area (Å²) in [6.07, 6.45) is 2.42. The van der Waals surface area contributed by atoms with Crippen molar-refractivity contribution in [1.82, 2.24) is 4.90 Å². The van der Waals surface area contributed by atoms with Crippen LogP contribution in [0.15, 0.2) is 24.3 Å². The number of amidine groups is 1. The van der Waals surface area contributed by atoms with Gasteiger partial charge in [-0.3, -0.25) is 5.41 Å². The van der Waals surface area contributed by atoms with E-state index in [1.54, 1.807) is 0 Å². The summed E-state index contributed by atoms with van der Waals surface area (Å²) >= 11 is 0. The van der Waals surface area contributed by atoms with Crippen LogP contribution in [0, 0.1) is 11.5 Å². The van der Waals surface area contributed by atoms with Gasteiger partial charge in [-0.1, -0.05) is 24.3 Å². The highest BCUT2D eigenvalue weighted by atomic mass is 15.2. The third-order valence-corrected chi connectivity index (χ3v) is 2.83. The first-order valence-electron chi connectivity index (χ1n) is 5.10. The van der Waals surface area contributed by atoms with Gasteiger partial charge in [-0.15, -0.1) is 0 Å². The minimum absolute atomic E-state index is 0.520. The van der Waals surface area contributed by atoms with Gasteiger partial charge in [0.1, 0.15) is 5.84 Å². The van der Waals surface area contributed by atoms with Gasteiger partial charge < -0.3 is 4.90 Å². The van der Waals surface area contributed by atoms with E-state index in [4.69, 9.17) is 5.41 Å². The number of nitrogens with one attached hydrogen (secondary N) is 1. The summed E-state index contributed by atoms with van der Waals surface area (Å²) in [6.45, 7) is 3.22. The van der Waals surface area contributed by atoms with Crippen LogP contribution in [-0.4, -0.2) is 23.3 Å². The van der Waals surface area contributed by atoms with Crippen molar-refractivity contribution in [2.75, 3.05) is 6.54 Å². The number of hydrogen-bond acceptors (Lipinski definition) is 1. The zero-order valence-corrected chi connectivity index (χ0v) is 8.46. The summed E-state index contributed by atoms with van der Waals surface area (Å²) in [5, 5.41) is 8.07. The van der Waals surface area contributed by atoms with Gasteiger partial charge in [0.15, 0.2) is 0 Å². The molecule has 1 atom stereocenters. The smallest absolute Gasteiger partial charge is 0.128 e. The molecule has 14 heavy (non-hydrogen) atoms. The Kier molecular flexibility index (Phi) is 2.53. The SMILES string of the molecule is CC1CCCN1C(=N)c1cc[c]cc1. The molecular weight excluding hydrogens is 172 g/mol. The molecule has 1 fully saturated rings. The van der Waals surface area contributed by atoms with E-state index in [0.717, 1.165) is 12.1 Å². The normalized spacial score (nSPS) is 21.2. The quantitative estimate of drug-likeness (QED) is 0.530. The summed E-state index contributed by atoms with van der Waals surface area (Å²) in [5.74, 6) is 0.656. The fraction of sp³-hybridized carbons (Fsp3) is 0.417. The van der Waals surface area contributed by atoms with E-state index < -0.39 is 0 Å². The van der Waals surface area contributed by atoms with Crippen molar-refractivity contribution < 1.29 is 0 Å². The molecule has 0 saturated carbocycles. The first-order valence-corrected chi connectivity index (χ1v) is 5.10. The molecule has 1 aliphatic rings. The zero-order valence-electron chi connectivity index (χ0n) is 8.46. The predicted molar refractivity (Wildman–Crippen MR) is 57.5 cm³/mol. The minimum atomic E-state index is 0.520. The van der Waals surface area contributed by atoms with Crippen LogP contribution in [0.2, 0.25) is 0 Å².